The highest BCUT2D eigenvalue weighted by Gasteiger charge is 2.23. The lowest BCUT2D eigenvalue weighted by atomic mass is 10.0. The molecule has 5 nitrogen and oxygen atoms in total. The van der Waals surface area contributed by atoms with Gasteiger partial charge in [-0.15, -0.1) is 0 Å². The number of H-pyrrole nitrogens is 1. The Kier molecular flexibility index (Phi) is 3.56. The van der Waals surface area contributed by atoms with Crippen molar-refractivity contribution in [2.45, 2.75) is 25.8 Å². The first-order chi connectivity index (χ1) is 7.77. The van der Waals surface area contributed by atoms with E-state index in [1.807, 2.05) is 6.92 Å². The van der Waals surface area contributed by atoms with Gasteiger partial charge < -0.3 is 15.0 Å². The van der Waals surface area contributed by atoms with Crippen LogP contribution < -0.4 is 5.32 Å². The van der Waals surface area contributed by atoms with Crippen LogP contribution in [0.25, 0.3) is 0 Å². The molecule has 0 radical (unpaired) electrons. The van der Waals surface area contributed by atoms with Crippen molar-refractivity contribution >= 4 is 5.91 Å². The smallest absolute Gasteiger partial charge is 0.226 e. The first-order valence-corrected chi connectivity index (χ1v) is 5.65. The Labute approximate surface area is 94.6 Å². The van der Waals surface area contributed by atoms with Crippen LogP contribution in [-0.2, 0) is 9.53 Å². The minimum absolute atomic E-state index is 0.00818. The van der Waals surface area contributed by atoms with Gasteiger partial charge in [-0.3, -0.25) is 4.79 Å². The molecule has 0 aliphatic carbocycles. The second-order valence-electron chi connectivity index (χ2n) is 4.12. The number of carbonyl (C=O) groups excluding carboxylic acids is 1. The minimum atomic E-state index is -0.0792. The van der Waals surface area contributed by atoms with Crippen LogP contribution in [0, 0.1) is 5.92 Å². The fraction of sp³-hybridized carbons (Fsp3) is 0.636. The molecule has 0 spiro atoms. The van der Waals surface area contributed by atoms with E-state index in [2.05, 4.69) is 15.3 Å². The predicted octanol–water partition coefficient (Wildman–Crippen LogP) is 1.01. The first-order valence-electron chi connectivity index (χ1n) is 5.65. The molecule has 1 saturated heterocycles. The first kappa shape index (κ1) is 11.1. The fourth-order valence-corrected chi connectivity index (χ4v) is 1.86. The summed E-state index contributed by atoms with van der Waals surface area (Å²) in [6.07, 6.45) is 5.31. The topological polar surface area (TPSA) is 67.0 Å². The molecule has 1 aliphatic rings. The van der Waals surface area contributed by atoms with Gasteiger partial charge >= 0.3 is 0 Å². The average molecular weight is 223 g/mol. The van der Waals surface area contributed by atoms with Gasteiger partial charge in [0.05, 0.1) is 18.6 Å². The third-order valence-corrected chi connectivity index (χ3v) is 2.82. The minimum Gasteiger partial charge on any atom is -0.381 e. The van der Waals surface area contributed by atoms with Gasteiger partial charge in [0.1, 0.15) is 5.82 Å². The average Bonchev–Trinajstić information content (AvgIpc) is 2.83. The number of rotatable bonds is 3. The molecule has 88 valence electrons. The van der Waals surface area contributed by atoms with Crippen LogP contribution in [0.4, 0.5) is 0 Å². The van der Waals surface area contributed by atoms with Gasteiger partial charge in [-0.1, -0.05) is 0 Å². The zero-order valence-corrected chi connectivity index (χ0v) is 9.40. The van der Waals surface area contributed by atoms with Gasteiger partial charge in [0.15, 0.2) is 0 Å². The van der Waals surface area contributed by atoms with Crippen molar-refractivity contribution < 1.29 is 9.53 Å². The summed E-state index contributed by atoms with van der Waals surface area (Å²) in [5, 5.41) is 2.94. The van der Waals surface area contributed by atoms with Crippen molar-refractivity contribution in [1.29, 1.82) is 0 Å². The van der Waals surface area contributed by atoms with E-state index in [1.54, 1.807) is 12.4 Å². The third kappa shape index (κ3) is 2.61. The number of carbonyl (C=O) groups is 1. The number of imidazole rings is 1. The second kappa shape index (κ2) is 5.12. The van der Waals surface area contributed by atoms with Gasteiger partial charge in [0.25, 0.3) is 0 Å². The van der Waals surface area contributed by atoms with Crippen LogP contribution in [0.5, 0.6) is 0 Å². The molecule has 2 atom stereocenters. The van der Waals surface area contributed by atoms with E-state index < -0.39 is 0 Å². The molecule has 0 bridgehead atoms. The maximum atomic E-state index is 11.9. The summed E-state index contributed by atoms with van der Waals surface area (Å²) in [5.41, 5.74) is 0. The second-order valence-corrected chi connectivity index (χ2v) is 4.12. The number of aromatic nitrogens is 2. The summed E-state index contributed by atoms with van der Waals surface area (Å²) >= 11 is 0. The van der Waals surface area contributed by atoms with Crippen LogP contribution in [0.15, 0.2) is 12.4 Å². The Hall–Kier alpha value is -1.36. The van der Waals surface area contributed by atoms with E-state index >= 15 is 0 Å². The van der Waals surface area contributed by atoms with Crippen molar-refractivity contribution in [2.75, 3.05) is 13.2 Å². The number of nitrogens with zero attached hydrogens (tertiary/aromatic N) is 1. The van der Waals surface area contributed by atoms with E-state index in [0.717, 1.165) is 25.3 Å². The Bertz CT molecular complexity index is 331. The summed E-state index contributed by atoms with van der Waals surface area (Å²) in [7, 11) is 0. The van der Waals surface area contributed by atoms with Crippen LogP contribution >= 0.6 is 0 Å². The number of ether oxygens (including phenoxy) is 1. The lowest BCUT2D eigenvalue weighted by Crippen LogP contribution is -2.37. The molecule has 1 amide bonds. The monoisotopic (exact) mass is 223 g/mol. The highest BCUT2D eigenvalue weighted by molar-refractivity contribution is 5.79. The molecule has 0 aromatic carbocycles. The van der Waals surface area contributed by atoms with E-state index in [9.17, 15) is 4.79 Å². The zero-order chi connectivity index (χ0) is 11.4. The van der Waals surface area contributed by atoms with E-state index in [-0.39, 0.29) is 17.9 Å². The summed E-state index contributed by atoms with van der Waals surface area (Å²) < 4.78 is 5.29. The van der Waals surface area contributed by atoms with Crippen molar-refractivity contribution in [2.24, 2.45) is 5.92 Å². The van der Waals surface area contributed by atoms with Gasteiger partial charge in [0, 0.05) is 19.0 Å². The van der Waals surface area contributed by atoms with Crippen LogP contribution in [0.3, 0.4) is 0 Å². The standard InChI is InChI=1S/C11H17N3O2/c1-8(10-12-4-5-13-10)14-11(15)9-3-2-6-16-7-9/h4-5,8-9H,2-3,6-7H2,1H3,(H,12,13)(H,14,15). The quantitative estimate of drug-likeness (QED) is 0.803. The Morgan fingerprint density at radius 3 is 3.25 bits per heavy atom. The van der Waals surface area contributed by atoms with E-state index in [1.165, 1.54) is 0 Å². The zero-order valence-electron chi connectivity index (χ0n) is 9.40. The SMILES string of the molecule is CC(NC(=O)C1CCCOC1)c1ncc[nH]1. The van der Waals surface area contributed by atoms with Crippen molar-refractivity contribution in [3.63, 3.8) is 0 Å². The normalized spacial score (nSPS) is 22.7. The van der Waals surface area contributed by atoms with E-state index in [0.29, 0.717) is 6.61 Å². The van der Waals surface area contributed by atoms with Crippen LogP contribution in [-0.4, -0.2) is 29.1 Å². The molecule has 1 aromatic heterocycles. The van der Waals surface area contributed by atoms with Gasteiger partial charge in [-0.05, 0) is 19.8 Å². The molecule has 2 rings (SSSR count). The molecule has 16 heavy (non-hydrogen) atoms. The molecule has 0 saturated carbocycles. The molecule has 1 aliphatic heterocycles. The van der Waals surface area contributed by atoms with Crippen LogP contribution in [0.1, 0.15) is 31.6 Å². The molecular formula is C11H17N3O2. The lowest BCUT2D eigenvalue weighted by Gasteiger charge is -2.22. The van der Waals surface area contributed by atoms with E-state index in [4.69, 9.17) is 4.74 Å². The Balaban J connectivity index is 1.86. The number of aromatic amines is 1. The summed E-state index contributed by atoms with van der Waals surface area (Å²) in [5.74, 6) is 0.833. The van der Waals surface area contributed by atoms with Crippen molar-refractivity contribution in [3.8, 4) is 0 Å². The van der Waals surface area contributed by atoms with Crippen LogP contribution in [0.2, 0.25) is 0 Å². The number of amides is 1. The number of nitrogens with one attached hydrogen (secondary N) is 2. The molecule has 2 heterocycles. The summed E-state index contributed by atoms with van der Waals surface area (Å²) in [4.78, 5) is 19.0. The molecule has 2 N–H and O–H groups in total. The number of hydrogen-bond acceptors (Lipinski definition) is 3. The molecular weight excluding hydrogens is 206 g/mol. The Morgan fingerprint density at radius 2 is 2.62 bits per heavy atom. The van der Waals surface area contributed by atoms with Gasteiger partial charge in [-0.2, -0.15) is 0 Å². The molecule has 1 fully saturated rings. The maximum absolute atomic E-state index is 11.9. The molecule has 5 heteroatoms. The maximum Gasteiger partial charge on any atom is 0.226 e. The summed E-state index contributed by atoms with van der Waals surface area (Å²) in [6.45, 7) is 3.23. The van der Waals surface area contributed by atoms with Gasteiger partial charge in [0.2, 0.25) is 5.91 Å². The third-order valence-electron chi connectivity index (χ3n) is 2.82. The van der Waals surface area contributed by atoms with Crippen molar-refractivity contribution in [1.82, 2.24) is 15.3 Å². The predicted molar refractivity (Wildman–Crippen MR) is 58.7 cm³/mol. The lowest BCUT2D eigenvalue weighted by molar-refractivity contribution is -0.129. The number of hydrogen-bond donors (Lipinski definition) is 2. The molecule has 2 unspecified atom stereocenters. The highest BCUT2D eigenvalue weighted by atomic mass is 16.5. The van der Waals surface area contributed by atoms with Gasteiger partial charge in [-0.25, -0.2) is 4.98 Å². The largest absolute Gasteiger partial charge is 0.381 e. The van der Waals surface area contributed by atoms with Crippen molar-refractivity contribution in [3.05, 3.63) is 18.2 Å². The highest BCUT2D eigenvalue weighted by Crippen LogP contribution is 2.15. The molecule has 1 aromatic rings. The fourth-order valence-electron chi connectivity index (χ4n) is 1.86. The Morgan fingerprint density at radius 1 is 1.75 bits per heavy atom. The summed E-state index contributed by atoms with van der Waals surface area (Å²) in [6, 6.07) is -0.0792.